The van der Waals surface area contributed by atoms with Crippen LogP contribution < -0.4 is 15.2 Å². The van der Waals surface area contributed by atoms with Gasteiger partial charge in [-0.2, -0.15) is 9.67 Å². The summed E-state index contributed by atoms with van der Waals surface area (Å²) in [6.07, 6.45) is 15.9. The summed E-state index contributed by atoms with van der Waals surface area (Å²) in [5, 5.41) is 16.2. The number of aromatic amines is 1. The first kappa shape index (κ1) is 34.6. The number of imidazole rings is 1. The number of nitrogens with zero attached hydrogens (tertiary/aromatic N) is 10. The highest BCUT2D eigenvalue weighted by molar-refractivity contribution is 5.93. The second-order valence-electron chi connectivity index (χ2n) is 14.1. The minimum Gasteiger partial charge on any atom is -0.363 e. The maximum absolute atomic E-state index is 5.00. The maximum Gasteiger partial charge on any atom is 0.294 e. The van der Waals surface area contributed by atoms with Gasteiger partial charge in [-0.15, -0.1) is 0 Å². The lowest BCUT2D eigenvalue weighted by Crippen LogP contribution is -2.32. The summed E-state index contributed by atoms with van der Waals surface area (Å²) >= 11 is 0. The van der Waals surface area contributed by atoms with Crippen LogP contribution in [-0.4, -0.2) is 49.5 Å². The Morgan fingerprint density at radius 3 is 2.22 bits per heavy atom. The van der Waals surface area contributed by atoms with Crippen LogP contribution in [0.4, 0.5) is 11.6 Å². The van der Waals surface area contributed by atoms with Gasteiger partial charge in [0.2, 0.25) is 0 Å². The molecule has 1 unspecified atom stereocenters. The second kappa shape index (κ2) is 14.6. The van der Waals surface area contributed by atoms with Gasteiger partial charge in [-0.25, -0.2) is 19.9 Å². The van der Waals surface area contributed by atoms with E-state index in [4.69, 9.17) is 4.98 Å². The molecule has 13 nitrogen and oxygen atoms in total. The van der Waals surface area contributed by atoms with Crippen LogP contribution in [0, 0.1) is 0 Å². The van der Waals surface area contributed by atoms with Crippen LogP contribution in [0.3, 0.4) is 0 Å². The molecule has 3 N–H and O–H groups in total. The Balaban J connectivity index is 0.968. The number of benzene rings is 4. The van der Waals surface area contributed by atoms with Crippen molar-refractivity contribution in [1.29, 1.82) is 0 Å². The number of hydrogen-bond acceptors (Lipinski definition) is 10. The fourth-order valence-corrected chi connectivity index (χ4v) is 7.38. The van der Waals surface area contributed by atoms with Crippen LogP contribution in [0.15, 0.2) is 153 Å². The molecule has 0 amide bonds. The molecule has 0 aliphatic heterocycles. The highest BCUT2D eigenvalue weighted by atomic mass is 15.2. The Labute approximate surface area is 332 Å². The van der Waals surface area contributed by atoms with Gasteiger partial charge < -0.3 is 10.6 Å². The first-order valence-electron chi connectivity index (χ1n) is 18.9. The van der Waals surface area contributed by atoms with Gasteiger partial charge in [0.1, 0.15) is 29.7 Å². The quantitative estimate of drug-likeness (QED) is 0.116. The van der Waals surface area contributed by atoms with E-state index in [-0.39, 0.29) is 12.1 Å². The van der Waals surface area contributed by atoms with E-state index in [1.807, 2.05) is 41.5 Å². The molecule has 10 aromatic rings. The van der Waals surface area contributed by atoms with Gasteiger partial charge in [0, 0.05) is 52.9 Å². The van der Waals surface area contributed by atoms with Crippen molar-refractivity contribution in [2.75, 3.05) is 10.6 Å². The van der Waals surface area contributed by atoms with Crippen LogP contribution in [0.25, 0.3) is 66.9 Å². The first-order valence-corrected chi connectivity index (χ1v) is 18.9. The number of anilines is 2. The molecule has 6 heterocycles. The zero-order valence-corrected chi connectivity index (χ0v) is 31.6. The van der Waals surface area contributed by atoms with E-state index >= 15 is 0 Å². The van der Waals surface area contributed by atoms with E-state index in [9.17, 15) is 0 Å². The number of nitrogens with one attached hydrogen (secondary N) is 3. The molecule has 0 radical (unpaired) electrons. The largest absolute Gasteiger partial charge is 0.363 e. The highest BCUT2D eigenvalue weighted by Gasteiger charge is 2.20. The summed E-state index contributed by atoms with van der Waals surface area (Å²) in [7, 11) is 0. The monoisotopic (exact) mass is 758 g/mol. The molecule has 58 heavy (non-hydrogen) atoms. The van der Waals surface area contributed by atoms with Gasteiger partial charge in [-0.1, -0.05) is 54.6 Å². The first-order chi connectivity index (χ1) is 28.6. The van der Waals surface area contributed by atoms with E-state index in [1.54, 1.807) is 24.9 Å². The van der Waals surface area contributed by atoms with Crippen LogP contribution in [0.5, 0.6) is 0 Å². The van der Waals surface area contributed by atoms with Crippen molar-refractivity contribution in [2.45, 2.75) is 25.9 Å². The Bertz CT molecular complexity index is 3050. The Kier molecular flexibility index (Phi) is 8.71. The average molecular weight is 759 g/mol. The molecular weight excluding hydrogens is 723 g/mol. The number of rotatable bonds is 10. The number of aromatic nitrogens is 11. The van der Waals surface area contributed by atoms with Gasteiger partial charge >= 0.3 is 0 Å². The van der Waals surface area contributed by atoms with Gasteiger partial charge in [-0.3, -0.25) is 19.5 Å². The predicted molar refractivity (Wildman–Crippen MR) is 224 cm³/mol. The summed E-state index contributed by atoms with van der Waals surface area (Å²) in [5.41, 5.74) is 10.7. The third-order valence-electron chi connectivity index (χ3n) is 10.5. The topological polar surface area (TPSA) is 151 Å². The molecule has 2 atom stereocenters. The van der Waals surface area contributed by atoms with Gasteiger partial charge in [0.25, 0.3) is 12.1 Å². The van der Waals surface area contributed by atoms with Crippen LogP contribution in [0.2, 0.25) is 0 Å². The third-order valence-corrected chi connectivity index (χ3v) is 10.5. The van der Waals surface area contributed by atoms with Crippen molar-refractivity contribution in [3.63, 3.8) is 0 Å². The molecule has 0 bridgehead atoms. The SMILES string of the molecule is CC(Nc1ncnc2ccc(-c3cnc4cnccn34)cc12)c1ccc(-[n+]2cnc(N[C@H](C)c3ccccc3)c3cc(-c4cncc(-c5ncn[nH]5)c4)ccc32)cc1. The number of fused-ring (bicyclic) bond motifs is 3. The molecule has 0 spiro atoms. The summed E-state index contributed by atoms with van der Waals surface area (Å²) in [6, 6.07) is 33.6. The number of H-pyrrole nitrogens is 1. The Morgan fingerprint density at radius 2 is 1.40 bits per heavy atom. The van der Waals surface area contributed by atoms with Crippen molar-refractivity contribution in [3.05, 3.63) is 164 Å². The molecule has 280 valence electrons. The molecule has 13 heteroatoms. The van der Waals surface area contributed by atoms with Crippen molar-refractivity contribution < 1.29 is 4.57 Å². The van der Waals surface area contributed by atoms with Gasteiger partial charge in [0.05, 0.1) is 35.0 Å². The summed E-state index contributed by atoms with van der Waals surface area (Å²) in [5.74, 6) is 2.21. The molecule has 0 aliphatic rings. The highest BCUT2D eigenvalue weighted by Crippen LogP contribution is 2.32. The van der Waals surface area contributed by atoms with Crippen LogP contribution in [-0.2, 0) is 0 Å². The van der Waals surface area contributed by atoms with E-state index in [0.717, 1.165) is 78.3 Å². The lowest BCUT2D eigenvalue weighted by atomic mass is 10.0. The molecule has 0 saturated carbocycles. The smallest absolute Gasteiger partial charge is 0.294 e. The fourth-order valence-electron chi connectivity index (χ4n) is 7.38. The average Bonchev–Trinajstić information content (AvgIpc) is 3.99. The lowest BCUT2D eigenvalue weighted by molar-refractivity contribution is -0.570. The Hall–Kier alpha value is -7.93. The third kappa shape index (κ3) is 6.49. The summed E-state index contributed by atoms with van der Waals surface area (Å²) in [6.45, 7) is 4.28. The van der Waals surface area contributed by atoms with Crippen LogP contribution >= 0.6 is 0 Å². The standard InChI is InChI=1S/C45H35N13/c1-28(30-6-4-3-5-7-30)55-45-38-19-32(34-18-35(22-47-21-34)43-51-26-53-56-43)11-15-40(38)58(27-52-45)36-12-8-31(9-13-36)29(2)54-44-37-20-33(10-14-39(37)49-25-50-44)41-23-48-42-24-46-16-17-57(41)42/h3-29H,1-2H3,(H2,46,49,50,51,53,54,56)/p+1/t28-,29?/m1/s1. The number of hydrogen-bond donors (Lipinski definition) is 3. The normalized spacial score (nSPS) is 12.5. The predicted octanol–water partition coefficient (Wildman–Crippen LogP) is 8.36. The zero-order chi connectivity index (χ0) is 39.0. The van der Waals surface area contributed by atoms with E-state index in [1.165, 1.54) is 11.9 Å². The molecule has 0 fully saturated rings. The minimum atomic E-state index is -0.0486. The second-order valence-corrected chi connectivity index (χ2v) is 14.1. The van der Waals surface area contributed by atoms with E-state index in [2.05, 4.69) is 154 Å². The molecule has 6 aromatic heterocycles. The van der Waals surface area contributed by atoms with Crippen molar-refractivity contribution in [3.8, 4) is 39.5 Å². The fraction of sp³-hybridized carbons (Fsp3) is 0.0889. The molecule has 4 aromatic carbocycles. The van der Waals surface area contributed by atoms with Crippen molar-refractivity contribution in [1.82, 2.24) is 49.5 Å². The van der Waals surface area contributed by atoms with Gasteiger partial charge in [0.15, 0.2) is 11.5 Å². The Morgan fingerprint density at radius 1 is 0.621 bits per heavy atom. The summed E-state index contributed by atoms with van der Waals surface area (Å²) < 4.78 is 4.15. The van der Waals surface area contributed by atoms with Gasteiger partial charge in [-0.05, 0) is 78.0 Å². The van der Waals surface area contributed by atoms with E-state index in [0.29, 0.717) is 5.82 Å². The minimum absolute atomic E-state index is 0.0307. The number of pyridine rings is 1. The molecule has 0 aliphatic carbocycles. The molecular formula is C45H36N13+. The zero-order valence-electron chi connectivity index (χ0n) is 31.6. The van der Waals surface area contributed by atoms with Crippen molar-refractivity contribution >= 4 is 39.1 Å². The van der Waals surface area contributed by atoms with Crippen molar-refractivity contribution in [2.24, 2.45) is 0 Å². The van der Waals surface area contributed by atoms with Crippen LogP contribution in [0.1, 0.15) is 37.1 Å². The molecule has 10 rings (SSSR count). The maximum atomic E-state index is 5.00. The molecule has 0 saturated heterocycles. The lowest BCUT2D eigenvalue weighted by Gasteiger charge is -2.17. The van der Waals surface area contributed by atoms with E-state index < -0.39 is 0 Å². The summed E-state index contributed by atoms with van der Waals surface area (Å²) in [4.78, 5) is 31.8.